The van der Waals surface area contributed by atoms with Gasteiger partial charge in [0.2, 0.25) is 0 Å². The Morgan fingerprint density at radius 2 is 1.78 bits per heavy atom. The first-order chi connectivity index (χ1) is 15.6. The number of rotatable bonds is 5. The normalized spacial score (nSPS) is 19.3. The van der Waals surface area contributed by atoms with E-state index in [0.29, 0.717) is 17.3 Å². The van der Waals surface area contributed by atoms with Crippen LogP contribution in [0.25, 0.3) is 0 Å². The van der Waals surface area contributed by atoms with E-state index in [4.69, 9.17) is 11.6 Å². The van der Waals surface area contributed by atoms with Gasteiger partial charge in [0, 0.05) is 24.3 Å². The van der Waals surface area contributed by atoms with E-state index in [-0.39, 0.29) is 0 Å². The van der Waals surface area contributed by atoms with E-state index in [1.54, 1.807) is 24.7 Å². The standard InChI is InChI=1S/C16H24N2.C6H4ClNO.C3H7NO/c1-17-10-9-16(13-17)18-11-7-15(8-12-18)14-5-3-2-4-6-14;7-6-2-1-5(4-9)3-8-6;1-4-2-3-5/h2-6,15-16H,7-13H2,1H3;1-4H;3-4H,2H2,1H3. The molecule has 3 heterocycles. The third kappa shape index (κ3) is 9.17. The SMILES string of the molecule is CN1CCC(N2CCC(c3ccccc3)CC2)C1.CNCC=O.O=Cc1ccc(Cl)nc1. The fraction of sp³-hybridized carbons (Fsp3) is 0.480. The summed E-state index contributed by atoms with van der Waals surface area (Å²) < 4.78 is 0. The smallest absolute Gasteiger partial charge is 0.151 e. The zero-order valence-corrected chi connectivity index (χ0v) is 19.9. The summed E-state index contributed by atoms with van der Waals surface area (Å²) in [6, 6.07) is 15.1. The molecule has 32 heavy (non-hydrogen) atoms. The molecule has 1 aromatic carbocycles. The maximum absolute atomic E-state index is 10.0. The van der Waals surface area contributed by atoms with E-state index in [9.17, 15) is 9.59 Å². The molecular formula is C25H35ClN4O2. The average Bonchev–Trinajstić information content (AvgIpc) is 3.28. The molecule has 2 saturated heterocycles. The van der Waals surface area contributed by atoms with Gasteiger partial charge in [-0.25, -0.2) is 4.98 Å². The molecule has 2 aliphatic rings. The molecule has 6 nitrogen and oxygen atoms in total. The highest BCUT2D eigenvalue weighted by molar-refractivity contribution is 6.29. The van der Waals surface area contributed by atoms with Gasteiger partial charge in [0.05, 0.1) is 6.54 Å². The van der Waals surface area contributed by atoms with Crippen molar-refractivity contribution in [2.24, 2.45) is 0 Å². The van der Waals surface area contributed by atoms with Crippen LogP contribution in [0.2, 0.25) is 5.15 Å². The molecule has 1 aromatic heterocycles. The summed E-state index contributed by atoms with van der Waals surface area (Å²) >= 11 is 5.44. The number of piperidine rings is 1. The van der Waals surface area contributed by atoms with Crippen LogP contribution < -0.4 is 5.32 Å². The van der Waals surface area contributed by atoms with Crippen LogP contribution in [-0.2, 0) is 4.79 Å². The van der Waals surface area contributed by atoms with Crippen molar-refractivity contribution < 1.29 is 9.59 Å². The fourth-order valence-electron chi connectivity index (χ4n) is 4.07. The van der Waals surface area contributed by atoms with Crippen molar-refractivity contribution in [1.82, 2.24) is 20.1 Å². The van der Waals surface area contributed by atoms with Gasteiger partial charge in [0.25, 0.3) is 0 Å². The Bertz CT molecular complexity index is 780. The molecule has 2 aromatic rings. The Morgan fingerprint density at radius 1 is 1.06 bits per heavy atom. The number of hydrogen-bond acceptors (Lipinski definition) is 6. The van der Waals surface area contributed by atoms with Crippen molar-refractivity contribution >= 4 is 24.2 Å². The summed E-state index contributed by atoms with van der Waals surface area (Å²) in [4.78, 5) is 28.3. The van der Waals surface area contributed by atoms with Gasteiger partial charge in [-0.3, -0.25) is 9.69 Å². The van der Waals surface area contributed by atoms with Crippen LogP contribution in [0.4, 0.5) is 0 Å². The minimum Gasteiger partial charge on any atom is -0.313 e. The highest BCUT2D eigenvalue weighted by Gasteiger charge is 2.29. The summed E-state index contributed by atoms with van der Waals surface area (Å²) in [6.45, 7) is 5.59. The van der Waals surface area contributed by atoms with Crippen molar-refractivity contribution in [3.05, 3.63) is 64.9 Å². The lowest BCUT2D eigenvalue weighted by Crippen LogP contribution is -2.42. The lowest BCUT2D eigenvalue weighted by atomic mass is 9.89. The number of carbonyl (C=O) groups is 2. The number of hydrogen-bond donors (Lipinski definition) is 1. The van der Waals surface area contributed by atoms with Gasteiger partial charge < -0.3 is 15.0 Å². The number of aldehydes is 2. The molecule has 2 aliphatic heterocycles. The molecule has 0 saturated carbocycles. The fourth-order valence-corrected chi connectivity index (χ4v) is 4.19. The highest BCUT2D eigenvalue weighted by Crippen LogP contribution is 2.29. The van der Waals surface area contributed by atoms with Crippen molar-refractivity contribution in [2.45, 2.75) is 31.2 Å². The van der Waals surface area contributed by atoms with Crippen molar-refractivity contribution in [3.63, 3.8) is 0 Å². The Hall–Kier alpha value is -2.12. The van der Waals surface area contributed by atoms with E-state index in [2.05, 4.69) is 57.5 Å². The minimum atomic E-state index is 0.403. The maximum atomic E-state index is 10.0. The molecule has 0 amide bonds. The molecule has 4 rings (SSSR count). The predicted octanol–water partition coefficient (Wildman–Crippen LogP) is 3.52. The summed E-state index contributed by atoms with van der Waals surface area (Å²) in [5.41, 5.74) is 2.08. The molecule has 0 spiro atoms. The zero-order valence-electron chi connectivity index (χ0n) is 19.1. The number of pyridine rings is 1. The van der Waals surface area contributed by atoms with E-state index >= 15 is 0 Å². The van der Waals surface area contributed by atoms with Gasteiger partial charge in [-0.05, 0) is 76.6 Å². The van der Waals surface area contributed by atoms with Crippen molar-refractivity contribution in [2.75, 3.05) is 46.8 Å². The monoisotopic (exact) mass is 458 g/mol. The number of benzene rings is 1. The van der Waals surface area contributed by atoms with Gasteiger partial charge in [0.15, 0.2) is 6.29 Å². The summed E-state index contributed by atoms with van der Waals surface area (Å²) in [5, 5.41) is 3.05. The van der Waals surface area contributed by atoms with Crippen LogP contribution >= 0.6 is 11.6 Å². The second-order valence-corrected chi connectivity index (χ2v) is 8.57. The molecule has 174 valence electrons. The molecule has 0 radical (unpaired) electrons. The van der Waals surface area contributed by atoms with E-state index in [0.717, 1.165) is 24.5 Å². The minimum absolute atomic E-state index is 0.403. The number of aromatic nitrogens is 1. The Balaban J connectivity index is 0.000000216. The van der Waals surface area contributed by atoms with Gasteiger partial charge in [-0.15, -0.1) is 0 Å². The lowest BCUT2D eigenvalue weighted by Gasteiger charge is -2.36. The Labute approximate surface area is 197 Å². The average molecular weight is 459 g/mol. The Kier molecular flexibility index (Phi) is 12.1. The van der Waals surface area contributed by atoms with Gasteiger partial charge >= 0.3 is 0 Å². The molecule has 1 atom stereocenters. The van der Waals surface area contributed by atoms with Crippen LogP contribution in [0.1, 0.15) is 41.1 Å². The van der Waals surface area contributed by atoms with Crippen LogP contribution in [0, 0.1) is 0 Å². The van der Waals surface area contributed by atoms with Crippen LogP contribution in [0.15, 0.2) is 48.7 Å². The predicted molar refractivity (Wildman–Crippen MR) is 131 cm³/mol. The molecule has 2 fully saturated rings. The number of likely N-dealkylation sites (N-methyl/N-ethyl adjacent to an activating group) is 2. The second-order valence-electron chi connectivity index (χ2n) is 8.18. The number of halogens is 1. The van der Waals surface area contributed by atoms with Crippen LogP contribution in [-0.4, -0.2) is 80.2 Å². The van der Waals surface area contributed by atoms with Gasteiger partial charge in [-0.1, -0.05) is 41.9 Å². The first-order valence-corrected chi connectivity index (χ1v) is 11.6. The molecule has 7 heteroatoms. The third-order valence-corrected chi connectivity index (χ3v) is 6.08. The lowest BCUT2D eigenvalue weighted by molar-refractivity contribution is -0.107. The van der Waals surface area contributed by atoms with Crippen molar-refractivity contribution in [1.29, 1.82) is 0 Å². The van der Waals surface area contributed by atoms with E-state index in [1.165, 1.54) is 51.6 Å². The first kappa shape index (κ1) is 26.1. The van der Waals surface area contributed by atoms with Gasteiger partial charge in [0.1, 0.15) is 11.4 Å². The quantitative estimate of drug-likeness (QED) is 0.546. The summed E-state index contributed by atoms with van der Waals surface area (Å²) in [5.74, 6) is 0.793. The number of nitrogens with one attached hydrogen (secondary N) is 1. The molecule has 0 aliphatic carbocycles. The van der Waals surface area contributed by atoms with Gasteiger partial charge in [-0.2, -0.15) is 0 Å². The Morgan fingerprint density at radius 3 is 2.25 bits per heavy atom. The molecule has 0 bridgehead atoms. The van der Waals surface area contributed by atoms with Crippen molar-refractivity contribution in [3.8, 4) is 0 Å². The molecule has 1 unspecified atom stereocenters. The maximum Gasteiger partial charge on any atom is 0.151 e. The number of nitrogens with zero attached hydrogens (tertiary/aromatic N) is 3. The first-order valence-electron chi connectivity index (χ1n) is 11.2. The molecular weight excluding hydrogens is 424 g/mol. The largest absolute Gasteiger partial charge is 0.313 e. The zero-order chi connectivity index (χ0) is 23.2. The second kappa shape index (κ2) is 14.9. The van der Waals surface area contributed by atoms with Crippen LogP contribution in [0.3, 0.4) is 0 Å². The summed E-state index contributed by atoms with van der Waals surface area (Å²) in [6.07, 6.45) is 7.01. The highest BCUT2D eigenvalue weighted by atomic mass is 35.5. The molecule has 1 N–H and O–H groups in total. The van der Waals surface area contributed by atoms with E-state index < -0.39 is 0 Å². The number of carbonyl (C=O) groups excluding carboxylic acids is 2. The number of likely N-dealkylation sites (tertiary alicyclic amines) is 2. The van der Waals surface area contributed by atoms with E-state index in [1.807, 2.05) is 0 Å². The van der Waals surface area contributed by atoms with Crippen LogP contribution in [0.5, 0.6) is 0 Å². The third-order valence-electron chi connectivity index (χ3n) is 5.86. The topological polar surface area (TPSA) is 65.5 Å². The summed E-state index contributed by atoms with van der Waals surface area (Å²) in [7, 11) is 3.98.